The van der Waals surface area contributed by atoms with Crippen LogP contribution in [-0.2, 0) is 4.79 Å². The molecule has 0 unspecified atom stereocenters. The van der Waals surface area contributed by atoms with Gasteiger partial charge in [0.25, 0.3) is 5.91 Å². The Balaban J connectivity index is 1.81. The van der Waals surface area contributed by atoms with E-state index in [-0.39, 0.29) is 12.5 Å². The van der Waals surface area contributed by atoms with E-state index in [4.69, 9.17) is 4.42 Å². The molecule has 2 rings (SSSR count). The molecular weight excluding hydrogens is 266 g/mol. The van der Waals surface area contributed by atoms with Crippen LogP contribution in [0.4, 0.5) is 5.69 Å². The zero-order chi connectivity index (χ0) is 15.2. The van der Waals surface area contributed by atoms with E-state index < -0.39 is 0 Å². The molecule has 21 heavy (non-hydrogen) atoms. The van der Waals surface area contributed by atoms with Gasteiger partial charge in [0.15, 0.2) is 0 Å². The van der Waals surface area contributed by atoms with Crippen LogP contribution in [0.5, 0.6) is 0 Å². The Kier molecular flexibility index (Phi) is 4.77. The molecule has 0 saturated carbocycles. The Bertz CT molecular complexity index is 659. The summed E-state index contributed by atoms with van der Waals surface area (Å²) in [6.45, 7) is 6.06. The summed E-state index contributed by atoms with van der Waals surface area (Å²) in [5, 5.41) is 6.93. The van der Waals surface area contributed by atoms with E-state index in [0.29, 0.717) is 5.76 Å². The Morgan fingerprint density at radius 2 is 2.05 bits per heavy atom. The standard InChI is InChI=1S/C16H19N3O2/c1-11-4-7-15(12(2)8-11)17-10-16(20)19-18-9-14-6-5-13(3)21-14/h4-9,17H,10H2,1-3H3,(H,19,20)/b18-9-. The quantitative estimate of drug-likeness (QED) is 0.655. The predicted molar refractivity (Wildman–Crippen MR) is 83.6 cm³/mol. The fourth-order valence-corrected chi connectivity index (χ4v) is 1.92. The molecule has 5 nitrogen and oxygen atoms in total. The van der Waals surface area contributed by atoms with Crippen LogP contribution in [0.25, 0.3) is 0 Å². The molecule has 0 aliphatic heterocycles. The number of anilines is 1. The van der Waals surface area contributed by atoms with E-state index in [0.717, 1.165) is 17.0 Å². The highest BCUT2D eigenvalue weighted by Gasteiger charge is 2.02. The monoisotopic (exact) mass is 285 g/mol. The molecule has 0 spiro atoms. The number of hydrogen-bond acceptors (Lipinski definition) is 4. The number of rotatable bonds is 5. The third-order valence-electron chi connectivity index (χ3n) is 2.96. The Hall–Kier alpha value is -2.56. The molecule has 0 aliphatic carbocycles. The number of hydrogen-bond donors (Lipinski definition) is 2. The number of furan rings is 1. The second-order valence-corrected chi connectivity index (χ2v) is 4.91. The minimum Gasteiger partial charge on any atom is -0.460 e. The topological polar surface area (TPSA) is 66.6 Å². The lowest BCUT2D eigenvalue weighted by Gasteiger charge is -2.09. The van der Waals surface area contributed by atoms with Gasteiger partial charge in [-0.15, -0.1) is 0 Å². The number of amides is 1. The highest BCUT2D eigenvalue weighted by molar-refractivity contribution is 5.83. The van der Waals surface area contributed by atoms with Crippen molar-refractivity contribution in [3.8, 4) is 0 Å². The first-order valence-corrected chi connectivity index (χ1v) is 6.74. The number of nitrogens with one attached hydrogen (secondary N) is 2. The molecule has 5 heteroatoms. The van der Waals surface area contributed by atoms with Crippen LogP contribution in [-0.4, -0.2) is 18.7 Å². The number of nitrogens with zero attached hydrogens (tertiary/aromatic N) is 1. The van der Waals surface area contributed by atoms with Crippen molar-refractivity contribution in [3.63, 3.8) is 0 Å². The number of aryl methyl sites for hydroxylation is 3. The van der Waals surface area contributed by atoms with E-state index in [2.05, 4.69) is 21.9 Å². The molecule has 2 N–H and O–H groups in total. The van der Waals surface area contributed by atoms with E-state index in [9.17, 15) is 4.79 Å². The van der Waals surface area contributed by atoms with Gasteiger partial charge in [0.1, 0.15) is 11.5 Å². The molecule has 1 aromatic heterocycles. The van der Waals surface area contributed by atoms with Gasteiger partial charge >= 0.3 is 0 Å². The number of carbonyl (C=O) groups excluding carboxylic acids is 1. The molecular formula is C16H19N3O2. The summed E-state index contributed by atoms with van der Waals surface area (Å²) in [7, 11) is 0. The molecule has 0 aliphatic rings. The lowest BCUT2D eigenvalue weighted by atomic mass is 10.1. The van der Waals surface area contributed by atoms with Crippen LogP contribution in [0.1, 0.15) is 22.6 Å². The van der Waals surface area contributed by atoms with Crippen LogP contribution in [0, 0.1) is 20.8 Å². The second kappa shape index (κ2) is 6.74. The highest BCUT2D eigenvalue weighted by Crippen LogP contribution is 2.15. The molecule has 0 saturated heterocycles. The zero-order valence-corrected chi connectivity index (χ0v) is 12.4. The van der Waals surface area contributed by atoms with Gasteiger partial charge in [-0.2, -0.15) is 5.10 Å². The van der Waals surface area contributed by atoms with Crippen molar-refractivity contribution in [1.82, 2.24) is 5.43 Å². The van der Waals surface area contributed by atoms with Crippen LogP contribution in [0.3, 0.4) is 0 Å². The molecule has 1 heterocycles. The van der Waals surface area contributed by atoms with Gasteiger partial charge in [-0.1, -0.05) is 17.7 Å². The normalized spacial score (nSPS) is 10.8. The summed E-state index contributed by atoms with van der Waals surface area (Å²) in [6, 6.07) is 9.67. The van der Waals surface area contributed by atoms with E-state index in [1.165, 1.54) is 11.8 Å². The minimum atomic E-state index is -0.213. The third kappa shape index (κ3) is 4.49. The van der Waals surface area contributed by atoms with Crippen LogP contribution in [0.2, 0.25) is 0 Å². The summed E-state index contributed by atoms with van der Waals surface area (Å²) in [6.07, 6.45) is 1.47. The molecule has 0 radical (unpaired) electrons. The van der Waals surface area contributed by atoms with Gasteiger partial charge in [0, 0.05) is 5.69 Å². The van der Waals surface area contributed by atoms with Gasteiger partial charge in [0.05, 0.1) is 12.8 Å². The molecule has 0 atom stereocenters. The summed E-state index contributed by atoms with van der Waals surface area (Å²) >= 11 is 0. The van der Waals surface area contributed by atoms with Gasteiger partial charge < -0.3 is 9.73 Å². The highest BCUT2D eigenvalue weighted by atomic mass is 16.3. The van der Waals surface area contributed by atoms with Crippen molar-refractivity contribution in [2.24, 2.45) is 5.10 Å². The van der Waals surface area contributed by atoms with Crippen molar-refractivity contribution in [1.29, 1.82) is 0 Å². The molecule has 0 fully saturated rings. The molecule has 2 aromatic rings. The number of carbonyl (C=O) groups is 1. The van der Waals surface area contributed by atoms with Gasteiger partial charge in [-0.25, -0.2) is 5.43 Å². The molecule has 110 valence electrons. The second-order valence-electron chi connectivity index (χ2n) is 4.91. The van der Waals surface area contributed by atoms with E-state index in [1.54, 1.807) is 6.07 Å². The van der Waals surface area contributed by atoms with Crippen molar-refractivity contribution in [2.75, 3.05) is 11.9 Å². The minimum absolute atomic E-state index is 0.165. The smallest absolute Gasteiger partial charge is 0.259 e. The Morgan fingerprint density at radius 3 is 2.71 bits per heavy atom. The van der Waals surface area contributed by atoms with Crippen LogP contribution >= 0.6 is 0 Å². The van der Waals surface area contributed by atoms with Crippen LogP contribution < -0.4 is 10.7 Å². The SMILES string of the molecule is Cc1ccc(NCC(=O)N/N=C\c2ccc(C)o2)c(C)c1. The lowest BCUT2D eigenvalue weighted by Crippen LogP contribution is -2.26. The van der Waals surface area contributed by atoms with E-state index >= 15 is 0 Å². The predicted octanol–water partition coefficient (Wildman–Crippen LogP) is 2.77. The number of hydrazone groups is 1. The van der Waals surface area contributed by atoms with Gasteiger partial charge in [-0.05, 0) is 44.5 Å². The van der Waals surface area contributed by atoms with Crippen molar-refractivity contribution in [3.05, 3.63) is 53.0 Å². The first-order valence-electron chi connectivity index (χ1n) is 6.74. The summed E-state index contributed by atoms with van der Waals surface area (Å²) in [4.78, 5) is 11.7. The fourth-order valence-electron chi connectivity index (χ4n) is 1.92. The third-order valence-corrected chi connectivity index (χ3v) is 2.96. The summed E-state index contributed by atoms with van der Waals surface area (Å²) in [5.74, 6) is 1.20. The van der Waals surface area contributed by atoms with Crippen molar-refractivity contribution >= 4 is 17.8 Å². The maximum Gasteiger partial charge on any atom is 0.259 e. The Morgan fingerprint density at radius 1 is 1.24 bits per heavy atom. The maximum atomic E-state index is 11.7. The fraction of sp³-hybridized carbons (Fsp3) is 0.250. The Labute approximate surface area is 124 Å². The number of benzene rings is 1. The first-order chi connectivity index (χ1) is 10.0. The average Bonchev–Trinajstić information content (AvgIpc) is 2.83. The average molecular weight is 285 g/mol. The largest absolute Gasteiger partial charge is 0.460 e. The first kappa shape index (κ1) is 14.8. The van der Waals surface area contributed by atoms with Crippen LogP contribution in [0.15, 0.2) is 39.9 Å². The molecule has 1 amide bonds. The zero-order valence-electron chi connectivity index (χ0n) is 12.4. The summed E-state index contributed by atoms with van der Waals surface area (Å²) < 4.78 is 5.31. The van der Waals surface area contributed by atoms with Gasteiger partial charge in [0.2, 0.25) is 0 Å². The maximum absolute atomic E-state index is 11.7. The van der Waals surface area contributed by atoms with E-state index in [1.807, 2.05) is 39.0 Å². The molecule has 1 aromatic carbocycles. The van der Waals surface area contributed by atoms with Gasteiger partial charge in [-0.3, -0.25) is 4.79 Å². The van der Waals surface area contributed by atoms with Crippen molar-refractivity contribution in [2.45, 2.75) is 20.8 Å². The summed E-state index contributed by atoms with van der Waals surface area (Å²) in [5.41, 5.74) is 5.70. The molecule has 0 bridgehead atoms. The van der Waals surface area contributed by atoms with Crippen molar-refractivity contribution < 1.29 is 9.21 Å². The lowest BCUT2D eigenvalue weighted by molar-refractivity contribution is -0.119.